The lowest BCUT2D eigenvalue weighted by Crippen LogP contribution is -2.49. The molecule has 3 saturated heterocycles. The van der Waals surface area contributed by atoms with E-state index in [-0.39, 0.29) is 0 Å². The van der Waals surface area contributed by atoms with Gasteiger partial charge in [-0.3, -0.25) is 4.90 Å². The molecule has 0 saturated carbocycles. The van der Waals surface area contributed by atoms with Gasteiger partial charge in [0.15, 0.2) is 0 Å². The van der Waals surface area contributed by atoms with Crippen LogP contribution in [0.2, 0.25) is 0 Å². The molecule has 0 unspecified atom stereocenters. The lowest BCUT2D eigenvalue weighted by atomic mass is 9.71. The van der Waals surface area contributed by atoms with Gasteiger partial charge < -0.3 is 18.8 Å². The molecule has 5 heteroatoms. The second kappa shape index (κ2) is 7.78. The molecule has 1 aromatic rings. The topological polar surface area (TPSA) is 38.1 Å². The summed E-state index contributed by atoms with van der Waals surface area (Å²) in [6, 6.07) is 4.82. The van der Waals surface area contributed by atoms with Crippen LogP contribution in [0.25, 0.3) is 0 Å². The van der Waals surface area contributed by atoms with Crippen molar-refractivity contribution < 1.29 is 13.9 Å². The Balaban J connectivity index is 1.38. The number of methoxy groups -OCH3 is 1. The van der Waals surface area contributed by atoms with Gasteiger partial charge in [0.2, 0.25) is 0 Å². The van der Waals surface area contributed by atoms with Crippen molar-refractivity contribution in [3.05, 3.63) is 24.2 Å². The first kappa shape index (κ1) is 17.5. The minimum atomic E-state index is 0.421. The Labute approximate surface area is 151 Å². The maximum Gasteiger partial charge on any atom is 0.117 e. The van der Waals surface area contributed by atoms with E-state index in [1.807, 2.05) is 13.2 Å². The van der Waals surface area contributed by atoms with E-state index in [1.54, 1.807) is 6.26 Å². The van der Waals surface area contributed by atoms with E-state index < -0.39 is 0 Å². The molecule has 1 spiro atoms. The molecule has 1 aromatic heterocycles. The fourth-order valence-electron chi connectivity index (χ4n) is 5.27. The molecular formula is C20H32N2O3. The zero-order valence-corrected chi connectivity index (χ0v) is 15.5. The van der Waals surface area contributed by atoms with Crippen molar-refractivity contribution >= 4 is 0 Å². The molecule has 3 fully saturated rings. The molecule has 4 rings (SSSR count). The second-order valence-electron chi connectivity index (χ2n) is 8.14. The molecule has 3 aliphatic heterocycles. The molecule has 0 aliphatic carbocycles. The number of hydrogen-bond donors (Lipinski definition) is 0. The number of furan rings is 1. The Morgan fingerprint density at radius 2 is 2.04 bits per heavy atom. The third-order valence-corrected chi connectivity index (χ3v) is 6.71. The fourth-order valence-corrected chi connectivity index (χ4v) is 5.27. The maximum absolute atomic E-state index is 5.60. The van der Waals surface area contributed by atoms with Gasteiger partial charge in [-0.25, -0.2) is 0 Å². The number of ether oxygens (including phenoxy) is 2. The number of rotatable bonds is 5. The molecule has 1 atom stereocenters. The molecule has 0 aromatic carbocycles. The Bertz CT molecular complexity index is 519. The minimum Gasteiger partial charge on any atom is -0.468 e. The van der Waals surface area contributed by atoms with Crippen LogP contribution in [0, 0.1) is 11.3 Å². The van der Waals surface area contributed by atoms with Crippen LogP contribution >= 0.6 is 0 Å². The molecular weight excluding hydrogens is 316 g/mol. The summed E-state index contributed by atoms with van der Waals surface area (Å²) >= 11 is 0. The maximum atomic E-state index is 5.60. The van der Waals surface area contributed by atoms with Crippen molar-refractivity contribution in [3.63, 3.8) is 0 Å². The van der Waals surface area contributed by atoms with Crippen LogP contribution in [-0.2, 0) is 16.0 Å². The molecule has 3 aliphatic rings. The summed E-state index contributed by atoms with van der Waals surface area (Å²) in [7, 11) is 1.85. The zero-order chi connectivity index (χ0) is 17.1. The van der Waals surface area contributed by atoms with Crippen LogP contribution in [0.5, 0.6) is 0 Å². The quantitative estimate of drug-likeness (QED) is 0.818. The van der Waals surface area contributed by atoms with Gasteiger partial charge in [-0.2, -0.15) is 0 Å². The average molecular weight is 348 g/mol. The molecule has 0 bridgehead atoms. The highest BCUT2D eigenvalue weighted by Gasteiger charge is 2.48. The van der Waals surface area contributed by atoms with Crippen LogP contribution in [0.4, 0.5) is 0 Å². The first-order valence-corrected chi connectivity index (χ1v) is 9.84. The summed E-state index contributed by atoms with van der Waals surface area (Å²) in [5.74, 6) is 1.72. The van der Waals surface area contributed by atoms with Crippen molar-refractivity contribution in [2.45, 2.75) is 38.3 Å². The van der Waals surface area contributed by atoms with E-state index in [2.05, 4.69) is 15.9 Å². The molecule has 5 nitrogen and oxygen atoms in total. The van der Waals surface area contributed by atoms with E-state index in [0.29, 0.717) is 11.3 Å². The number of likely N-dealkylation sites (tertiary alicyclic amines) is 2. The molecule has 140 valence electrons. The molecule has 0 radical (unpaired) electrons. The summed E-state index contributed by atoms with van der Waals surface area (Å²) in [5.41, 5.74) is 0.421. The van der Waals surface area contributed by atoms with E-state index >= 15 is 0 Å². The third kappa shape index (κ3) is 3.80. The van der Waals surface area contributed by atoms with Gasteiger partial charge in [-0.15, -0.1) is 0 Å². The lowest BCUT2D eigenvalue weighted by Gasteiger charge is -2.46. The van der Waals surface area contributed by atoms with Crippen LogP contribution in [0.15, 0.2) is 22.8 Å². The van der Waals surface area contributed by atoms with Crippen molar-refractivity contribution in [1.82, 2.24) is 9.80 Å². The van der Waals surface area contributed by atoms with E-state index in [4.69, 9.17) is 13.9 Å². The van der Waals surface area contributed by atoms with Crippen LogP contribution in [0.3, 0.4) is 0 Å². The monoisotopic (exact) mass is 348 g/mol. The first-order chi connectivity index (χ1) is 12.3. The standard InChI is InChI=1S/C20H32N2O3/c1-23-15-17-13-21(14-19-3-2-10-25-19)16-20(17)6-8-22(9-7-20)18-4-11-24-12-5-18/h2-3,10,17-18H,4-9,11-16H2,1H3/t17-/m1/s1. The van der Waals surface area contributed by atoms with Crippen LogP contribution in [-0.4, -0.2) is 69.0 Å². The van der Waals surface area contributed by atoms with Gasteiger partial charge in [-0.1, -0.05) is 0 Å². The normalized spacial score (nSPS) is 28.8. The summed E-state index contributed by atoms with van der Waals surface area (Å²) in [5, 5.41) is 0. The number of hydrogen-bond acceptors (Lipinski definition) is 5. The SMILES string of the molecule is COC[C@H]1CN(Cc2ccco2)CC12CCN(C1CCOCC1)CC2. The second-order valence-corrected chi connectivity index (χ2v) is 8.14. The summed E-state index contributed by atoms with van der Waals surface area (Å²) < 4.78 is 16.7. The summed E-state index contributed by atoms with van der Waals surface area (Å²) in [4.78, 5) is 5.31. The fraction of sp³-hybridized carbons (Fsp3) is 0.800. The van der Waals surface area contributed by atoms with Crippen molar-refractivity contribution in [2.24, 2.45) is 11.3 Å². The van der Waals surface area contributed by atoms with E-state index in [1.165, 1.54) is 45.3 Å². The van der Waals surface area contributed by atoms with Crippen molar-refractivity contribution in [1.29, 1.82) is 0 Å². The van der Waals surface area contributed by atoms with E-state index in [0.717, 1.165) is 44.7 Å². The van der Waals surface area contributed by atoms with Gasteiger partial charge in [0.25, 0.3) is 0 Å². The van der Waals surface area contributed by atoms with E-state index in [9.17, 15) is 0 Å². The Kier molecular flexibility index (Phi) is 5.46. The Morgan fingerprint density at radius 1 is 1.24 bits per heavy atom. The zero-order valence-electron chi connectivity index (χ0n) is 15.5. The van der Waals surface area contributed by atoms with Gasteiger partial charge >= 0.3 is 0 Å². The molecule has 25 heavy (non-hydrogen) atoms. The minimum absolute atomic E-state index is 0.421. The highest BCUT2D eigenvalue weighted by Crippen LogP contribution is 2.45. The highest BCUT2D eigenvalue weighted by atomic mass is 16.5. The van der Waals surface area contributed by atoms with Crippen molar-refractivity contribution in [3.8, 4) is 0 Å². The Hall–Kier alpha value is -0.880. The van der Waals surface area contributed by atoms with Crippen molar-refractivity contribution in [2.75, 3.05) is 53.1 Å². The lowest BCUT2D eigenvalue weighted by molar-refractivity contribution is -0.0109. The van der Waals surface area contributed by atoms with Crippen LogP contribution in [0.1, 0.15) is 31.4 Å². The Morgan fingerprint density at radius 3 is 2.72 bits per heavy atom. The van der Waals surface area contributed by atoms with Gasteiger partial charge in [0, 0.05) is 45.4 Å². The molecule has 4 heterocycles. The van der Waals surface area contributed by atoms with Gasteiger partial charge in [-0.05, 0) is 56.3 Å². The molecule has 0 N–H and O–H groups in total. The predicted octanol–water partition coefficient (Wildman–Crippen LogP) is 2.62. The highest BCUT2D eigenvalue weighted by molar-refractivity contribution is 5.04. The average Bonchev–Trinajstić information content (AvgIpc) is 3.26. The predicted molar refractivity (Wildman–Crippen MR) is 96.4 cm³/mol. The number of piperidine rings is 1. The first-order valence-electron chi connectivity index (χ1n) is 9.84. The summed E-state index contributed by atoms with van der Waals surface area (Å²) in [6.45, 7) is 8.48. The smallest absolute Gasteiger partial charge is 0.117 e. The molecule has 0 amide bonds. The van der Waals surface area contributed by atoms with Gasteiger partial charge in [0.05, 0.1) is 19.4 Å². The largest absolute Gasteiger partial charge is 0.468 e. The van der Waals surface area contributed by atoms with Crippen LogP contribution < -0.4 is 0 Å². The third-order valence-electron chi connectivity index (χ3n) is 6.71. The number of nitrogens with zero attached hydrogens (tertiary/aromatic N) is 2. The van der Waals surface area contributed by atoms with Gasteiger partial charge in [0.1, 0.15) is 5.76 Å². The summed E-state index contributed by atoms with van der Waals surface area (Å²) in [6.07, 6.45) is 6.79.